The summed E-state index contributed by atoms with van der Waals surface area (Å²) in [6.07, 6.45) is 1.01. The maximum Gasteiger partial charge on any atom is 0.244 e. The van der Waals surface area contributed by atoms with E-state index in [-0.39, 0.29) is 36.7 Å². The second kappa shape index (κ2) is 12.3. The van der Waals surface area contributed by atoms with Gasteiger partial charge in [0, 0.05) is 18.7 Å². The molecule has 2 atom stereocenters. The summed E-state index contributed by atoms with van der Waals surface area (Å²) in [4.78, 5) is 28.3. The highest BCUT2D eigenvalue weighted by Gasteiger charge is 2.33. The zero-order valence-corrected chi connectivity index (χ0v) is 22.4. The summed E-state index contributed by atoms with van der Waals surface area (Å²) >= 11 is 0. The van der Waals surface area contributed by atoms with Crippen LogP contribution in [0, 0.1) is 5.82 Å². The molecule has 0 bridgehead atoms. The van der Waals surface area contributed by atoms with Gasteiger partial charge in [-0.15, -0.1) is 0 Å². The third-order valence-electron chi connectivity index (χ3n) is 6.28. The number of hydrogen-bond donors (Lipinski definition) is 1. The number of amides is 2. The van der Waals surface area contributed by atoms with Crippen molar-refractivity contribution >= 4 is 27.5 Å². The number of carbonyl (C=O) groups excluding carboxylic acids is 2. The summed E-state index contributed by atoms with van der Waals surface area (Å²) in [5.41, 5.74) is 0.857. The molecule has 1 N–H and O–H groups in total. The van der Waals surface area contributed by atoms with E-state index in [1.54, 1.807) is 19.1 Å². The predicted molar refractivity (Wildman–Crippen MR) is 138 cm³/mol. The van der Waals surface area contributed by atoms with E-state index in [4.69, 9.17) is 9.47 Å². The first-order valence-electron chi connectivity index (χ1n) is 12.3. The highest BCUT2D eigenvalue weighted by atomic mass is 32.2. The molecule has 1 heterocycles. The summed E-state index contributed by atoms with van der Waals surface area (Å²) in [7, 11) is -3.87. The van der Waals surface area contributed by atoms with E-state index < -0.39 is 34.3 Å². The van der Waals surface area contributed by atoms with Crippen LogP contribution in [0.5, 0.6) is 11.5 Å². The van der Waals surface area contributed by atoms with E-state index in [2.05, 4.69) is 5.32 Å². The van der Waals surface area contributed by atoms with Crippen molar-refractivity contribution in [3.8, 4) is 11.5 Å². The molecular formula is C26H34FN3O6S. The zero-order chi connectivity index (χ0) is 27.2. The molecule has 2 amide bonds. The van der Waals surface area contributed by atoms with Gasteiger partial charge in [-0.2, -0.15) is 0 Å². The van der Waals surface area contributed by atoms with Crippen molar-refractivity contribution in [1.29, 1.82) is 0 Å². The number of benzene rings is 2. The first-order chi connectivity index (χ1) is 17.6. The molecule has 0 aliphatic carbocycles. The molecule has 0 unspecified atom stereocenters. The van der Waals surface area contributed by atoms with E-state index in [9.17, 15) is 22.4 Å². The Hall–Kier alpha value is -3.34. The number of ether oxygens (including phenoxy) is 2. The molecule has 1 aliphatic heterocycles. The summed E-state index contributed by atoms with van der Waals surface area (Å²) in [6.45, 7) is 6.58. The Morgan fingerprint density at radius 3 is 2.32 bits per heavy atom. The van der Waals surface area contributed by atoms with Gasteiger partial charge in [0.1, 0.15) is 18.4 Å². The number of nitrogens with one attached hydrogen (secondary N) is 1. The Labute approximate surface area is 217 Å². The number of rotatable bonds is 12. The van der Waals surface area contributed by atoms with E-state index in [0.29, 0.717) is 29.9 Å². The lowest BCUT2D eigenvalue weighted by Gasteiger charge is -2.33. The Kier molecular flexibility index (Phi) is 9.36. The summed E-state index contributed by atoms with van der Waals surface area (Å²) in [5.74, 6) is -0.701. The van der Waals surface area contributed by atoms with Gasteiger partial charge in [0.2, 0.25) is 28.6 Å². The molecule has 0 spiro atoms. The largest absolute Gasteiger partial charge is 0.454 e. The third kappa shape index (κ3) is 6.91. The molecule has 9 nitrogen and oxygen atoms in total. The van der Waals surface area contributed by atoms with Gasteiger partial charge in [0.25, 0.3) is 0 Å². The maximum atomic E-state index is 13.8. The van der Waals surface area contributed by atoms with Crippen LogP contribution in [0.4, 0.5) is 10.1 Å². The first-order valence-corrected chi connectivity index (χ1v) is 13.9. The molecule has 202 valence electrons. The lowest BCUT2D eigenvalue weighted by Crippen LogP contribution is -2.53. The van der Waals surface area contributed by atoms with Crippen LogP contribution in [0.25, 0.3) is 0 Å². The monoisotopic (exact) mass is 535 g/mol. The van der Waals surface area contributed by atoms with Crippen molar-refractivity contribution in [2.45, 2.75) is 59.2 Å². The van der Waals surface area contributed by atoms with Gasteiger partial charge in [0.15, 0.2) is 11.5 Å². The van der Waals surface area contributed by atoms with Crippen LogP contribution < -0.4 is 19.1 Å². The summed E-state index contributed by atoms with van der Waals surface area (Å²) in [5, 5.41) is 2.91. The van der Waals surface area contributed by atoms with Crippen molar-refractivity contribution in [2.24, 2.45) is 0 Å². The van der Waals surface area contributed by atoms with Crippen LogP contribution in [-0.4, -0.2) is 56.3 Å². The minimum absolute atomic E-state index is 0.00664. The van der Waals surface area contributed by atoms with Gasteiger partial charge in [0.05, 0.1) is 11.4 Å². The molecule has 0 saturated heterocycles. The minimum atomic E-state index is -3.87. The van der Waals surface area contributed by atoms with Gasteiger partial charge < -0.3 is 19.7 Å². The summed E-state index contributed by atoms with van der Waals surface area (Å²) in [6, 6.07) is 9.32. The molecule has 2 aromatic carbocycles. The van der Waals surface area contributed by atoms with Crippen molar-refractivity contribution in [2.75, 3.05) is 23.4 Å². The van der Waals surface area contributed by atoms with Crippen molar-refractivity contribution in [3.05, 3.63) is 53.8 Å². The Morgan fingerprint density at radius 2 is 1.70 bits per heavy atom. The van der Waals surface area contributed by atoms with Crippen LogP contribution >= 0.6 is 0 Å². The standard InChI is InChI=1S/C26H34FN3O6S/c1-5-18(4)28-26(32)22(6-2)29(15-19-8-10-20(27)11-9-19)25(31)16-30(37(33,34)7-3)21-12-13-23-24(14-21)36-17-35-23/h8-14,18,22H,5-7,15-17H2,1-4H3,(H,28,32)/t18-,22-/m0/s1. The molecule has 0 fully saturated rings. The zero-order valence-electron chi connectivity index (χ0n) is 21.6. The Bertz CT molecular complexity index is 1210. The molecule has 3 rings (SSSR count). The smallest absolute Gasteiger partial charge is 0.244 e. The van der Waals surface area contributed by atoms with Crippen LogP contribution in [0.15, 0.2) is 42.5 Å². The van der Waals surface area contributed by atoms with Gasteiger partial charge in [-0.25, -0.2) is 12.8 Å². The number of anilines is 1. The second-order valence-corrected chi connectivity index (χ2v) is 11.0. The molecular weight excluding hydrogens is 501 g/mol. The van der Waals surface area contributed by atoms with Gasteiger partial charge >= 0.3 is 0 Å². The number of hydrogen-bond acceptors (Lipinski definition) is 6. The fraction of sp³-hybridized carbons (Fsp3) is 0.462. The molecule has 1 aliphatic rings. The van der Waals surface area contributed by atoms with Crippen LogP contribution in [0.3, 0.4) is 0 Å². The van der Waals surface area contributed by atoms with Crippen LogP contribution in [0.1, 0.15) is 46.1 Å². The van der Waals surface area contributed by atoms with E-state index in [1.165, 1.54) is 42.2 Å². The average Bonchev–Trinajstić information content (AvgIpc) is 3.36. The van der Waals surface area contributed by atoms with Crippen LogP contribution in [0.2, 0.25) is 0 Å². The van der Waals surface area contributed by atoms with E-state index in [0.717, 1.165) is 4.31 Å². The Balaban J connectivity index is 1.96. The molecule has 0 aromatic heterocycles. The molecule has 0 radical (unpaired) electrons. The molecule has 37 heavy (non-hydrogen) atoms. The van der Waals surface area contributed by atoms with E-state index >= 15 is 0 Å². The minimum Gasteiger partial charge on any atom is -0.454 e. The Morgan fingerprint density at radius 1 is 1.03 bits per heavy atom. The summed E-state index contributed by atoms with van der Waals surface area (Å²) < 4.78 is 51.4. The van der Waals surface area contributed by atoms with Crippen molar-refractivity contribution in [3.63, 3.8) is 0 Å². The van der Waals surface area contributed by atoms with Crippen molar-refractivity contribution in [1.82, 2.24) is 10.2 Å². The number of fused-ring (bicyclic) bond motifs is 1. The highest BCUT2D eigenvalue weighted by Crippen LogP contribution is 2.36. The van der Waals surface area contributed by atoms with Crippen molar-refractivity contribution < 1.29 is 31.9 Å². The number of halogens is 1. The first kappa shape index (κ1) is 28.2. The molecule has 2 aromatic rings. The van der Waals surface area contributed by atoms with Gasteiger partial charge in [-0.1, -0.05) is 26.0 Å². The van der Waals surface area contributed by atoms with E-state index in [1.807, 2.05) is 13.8 Å². The fourth-order valence-electron chi connectivity index (χ4n) is 3.91. The predicted octanol–water partition coefficient (Wildman–Crippen LogP) is 3.43. The molecule has 0 saturated carbocycles. The number of carbonyl (C=O) groups is 2. The second-order valence-electron chi connectivity index (χ2n) is 8.83. The molecule has 11 heteroatoms. The van der Waals surface area contributed by atoms with Gasteiger partial charge in [-0.05, 0) is 56.5 Å². The fourth-order valence-corrected chi connectivity index (χ4v) is 4.96. The maximum absolute atomic E-state index is 13.8. The van der Waals surface area contributed by atoms with Gasteiger partial charge in [-0.3, -0.25) is 13.9 Å². The number of nitrogens with zero attached hydrogens (tertiary/aromatic N) is 2. The lowest BCUT2D eigenvalue weighted by atomic mass is 10.1. The third-order valence-corrected chi connectivity index (χ3v) is 8.02. The lowest BCUT2D eigenvalue weighted by molar-refractivity contribution is -0.140. The highest BCUT2D eigenvalue weighted by molar-refractivity contribution is 7.92. The topological polar surface area (TPSA) is 105 Å². The normalized spacial score (nSPS) is 14.1. The van der Waals surface area contributed by atoms with Crippen LogP contribution in [-0.2, 0) is 26.2 Å². The number of sulfonamides is 1. The average molecular weight is 536 g/mol. The quantitative estimate of drug-likeness (QED) is 0.447. The SMILES string of the molecule is CC[C@H](C)NC(=O)[C@H](CC)N(Cc1ccc(F)cc1)C(=O)CN(c1ccc2c(c1)OCO2)S(=O)(=O)CC.